The number of furan rings is 1. The zero-order valence-electron chi connectivity index (χ0n) is 21.4. The van der Waals surface area contributed by atoms with Gasteiger partial charge in [-0.05, 0) is 68.8 Å². The summed E-state index contributed by atoms with van der Waals surface area (Å²) in [5.41, 5.74) is 2.25. The first-order chi connectivity index (χ1) is 18.7. The molecule has 5 rings (SSSR count). The molecule has 4 aromatic rings. The summed E-state index contributed by atoms with van der Waals surface area (Å²) < 4.78 is 8.02. The molecule has 0 saturated heterocycles. The van der Waals surface area contributed by atoms with Crippen molar-refractivity contribution in [3.8, 4) is 11.3 Å². The van der Waals surface area contributed by atoms with Gasteiger partial charge >= 0.3 is 0 Å². The number of aromatic nitrogens is 1. The van der Waals surface area contributed by atoms with Crippen molar-refractivity contribution in [2.24, 2.45) is 4.99 Å². The van der Waals surface area contributed by atoms with Gasteiger partial charge in [0, 0.05) is 34.8 Å². The van der Waals surface area contributed by atoms with Crippen LogP contribution in [0.1, 0.15) is 38.1 Å². The predicted molar refractivity (Wildman–Crippen MR) is 157 cm³/mol. The van der Waals surface area contributed by atoms with Gasteiger partial charge in [-0.15, -0.1) is 0 Å². The Morgan fingerprint density at radius 3 is 2.41 bits per heavy atom. The smallest absolute Gasteiger partial charge is 0.271 e. The highest BCUT2D eigenvalue weighted by molar-refractivity contribution is 7.07. The summed E-state index contributed by atoms with van der Waals surface area (Å²) in [5, 5.41) is 1.56. The van der Waals surface area contributed by atoms with Gasteiger partial charge in [0.25, 0.3) is 11.5 Å². The van der Waals surface area contributed by atoms with Crippen molar-refractivity contribution in [3.05, 3.63) is 112 Å². The molecule has 1 aliphatic rings. The lowest BCUT2D eigenvalue weighted by Gasteiger charge is -2.29. The molecule has 1 atom stereocenters. The normalized spacial score (nSPS) is 15.3. The Bertz CT molecular complexity index is 1780. The van der Waals surface area contributed by atoms with E-state index >= 15 is 0 Å². The first-order valence-corrected chi connectivity index (χ1v) is 14.3. The molecule has 1 aliphatic heterocycles. The van der Waals surface area contributed by atoms with E-state index in [9.17, 15) is 9.59 Å². The van der Waals surface area contributed by atoms with Crippen LogP contribution in [0.15, 0.2) is 80.1 Å². The molecular formula is C29H24Cl3N3O3S. The van der Waals surface area contributed by atoms with Crippen LogP contribution in [0.5, 0.6) is 0 Å². The third kappa shape index (κ3) is 5.24. The Morgan fingerprint density at radius 1 is 1.05 bits per heavy atom. The number of thiazole rings is 1. The van der Waals surface area contributed by atoms with E-state index in [0.29, 0.717) is 65.8 Å². The fourth-order valence-corrected chi connectivity index (χ4v) is 6.28. The minimum atomic E-state index is -0.645. The number of allylic oxidation sites excluding steroid dienone is 1. The Kier molecular flexibility index (Phi) is 7.87. The molecule has 0 spiro atoms. The van der Waals surface area contributed by atoms with Gasteiger partial charge in [-0.2, -0.15) is 0 Å². The molecule has 3 heterocycles. The van der Waals surface area contributed by atoms with Crippen LogP contribution in [0.4, 0.5) is 0 Å². The van der Waals surface area contributed by atoms with Crippen molar-refractivity contribution < 1.29 is 9.21 Å². The largest absolute Gasteiger partial charge is 0.457 e. The molecule has 1 amide bonds. The molecule has 0 unspecified atom stereocenters. The van der Waals surface area contributed by atoms with Crippen molar-refractivity contribution in [1.29, 1.82) is 0 Å². The van der Waals surface area contributed by atoms with Gasteiger partial charge in [-0.25, -0.2) is 4.99 Å². The molecular weight excluding hydrogens is 577 g/mol. The second-order valence-corrected chi connectivity index (χ2v) is 11.2. The molecule has 39 heavy (non-hydrogen) atoms. The second-order valence-electron chi connectivity index (χ2n) is 8.94. The van der Waals surface area contributed by atoms with E-state index in [4.69, 9.17) is 44.2 Å². The van der Waals surface area contributed by atoms with E-state index in [1.54, 1.807) is 58.0 Å². The fourth-order valence-electron chi connectivity index (χ4n) is 4.63. The van der Waals surface area contributed by atoms with Crippen molar-refractivity contribution in [2.75, 3.05) is 13.1 Å². The van der Waals surface area contributed by atoms with E-state index in [1.165, 1.54) is 11.3 Å². The zero-order valence-corrected chi connectivity index (χ0v) is 24.5. The number of rotatable bonds is 6. The Hall–Kier alpha value is -3.10. The maximum atomic E-state index is 13.9. The van der Waals surface area contributed by atoms with Crippen LogP contribution in [-0.2, 0) is 4.79 Å². The quantitative estimate of drug-likeness (QED) is 0.260. The molecule has 0 aliphatic carbocycles. The molecule has 0 radical (unpaired) electrons. The monoisotopic (exact) mass is 599 g/mol. The lowest BCUT2D eigenvalue weighted by atomic mass is 9.94. The number of likely N-dealkylation sites (N-methyl/N-ethyl adjacent to an activating group) is 1. The van der Waals surface area contributed by atoms with Gasteiger partial charge in [-0.3, -0.25) is 14.2 Å². The van der Waals surface area contributed by atoms with Crippen LogP contribution in [0.2, 0.25) is 15.1 Å². The van der Waals surface area contributed by atoms with E-state index in [-0.39, 0.29) is 11.5 Å². The predicted octanol–water partition coefficient (Wildman–Crippen LogP) is 6.32. The summed E-state index contributed by atoms with van der Waals surface area (Å²) >= 11 is 19.8. The highest BCUT2D eigenvalue weighted by Crippen LogP contribution is 2.33. The maximum Gasteiger partial charge on any atom is 0.271 e. The second kappa shape index (κ2) is 11.2. The first-order valence-electron chi connectivity index (χ1n) is 12.3. The third-order valence-electron chi connectivity index (χ3n) is 6.59. The van der Waals surface area contributed by atoms with Crippen molar-refractivity contribution in [1.82, 2.24) is 9.47 Å². The molecule has 200 valence electrons. The molecule has 0 N–H and O–H groups in total. The highest BCUT2D eigenvalue weighted by atomic mass is 35.5. The Morgan fingerprint density at radius 2 is 1.74 bits per heavy atom. The Labute approximate surface area is 244 Å². The highest BCUT2D eigenvalue weighted by Gasteiger charge is 2.34. The van der Waals surface area contributed by atoms with Crippen molar-refractivity contribution in [3.63, 3.8) is 0 Å². The summed E-state index contributed by atoms with van der Waals surface area (Å²) in [4.78, 5) is 34.4. The van der Waals surface area contributed by atoms with Crippen LogP contribution in [0.25, 0.3) is 17.4 Å². The number of carbonyl (C=O) groups excluding carboxylic acids is 1. The van der Waals surface area contributed by atoms with E-state index < -0.39 is 6.04 Å². The van der Waals surface area contributed by atoms with E-state index in [1.807, 2.05) is 32.9 Å². The average Bonchev–Trinajstić information content (AvgIpc) is 3.48. The van der Waals surface area contributed by atoms with E-state index in [0.717, 1.165) is 5.56 Å². The molecule has 0 saturated carbocycles. The van der Waals surface area contributed by atoms with Gasteiger partial charge in [0.2, 0.25) is 0 Å². The lowest BCUT2D eigenvalue weighted by Crippen LogP contribution is -2.43. The lowest BCUT2D eigenvalue weighted by molar-refractivity contribution is -0.127. The molecule has 2 aromatic heterocycles. The molecule has 6 nitrogen and oxygen atoms in total. The van der Waals surface area contributed by atoms with Crippen LogP contribution in [0.3, 0.4) is 0 Å². The van der Waals surface area contributed by atoms with E-state index in [2.05, 4.69) is 0 Å². The number of amides is 1. The van der Waals surface area contributed by atoms with Gasteiger partial charge in [-0.1, -0.05) is 58.3 Å². The first kappa shape index (κ1) is 27.5. The average molecular weight is 601 g/mol. The number of nitrogens with zero attached hydrogens (tertiary/aromatic N) is 3. The topological polar surface area (TPSA) is 67.8 Å². The SMILES string of the molecule is CCN(CC)C(=O)C1=C(C)N=c2s/c(=C/c3ccc(-c4ccc(Cl)cc4Cl)o3)c(=O)n2[C@@H]1c1ccc(Cl)cc1. The van der Waals surface area contributed by atoms with Crippen molar-refractivity contribution in [2.45, 2.75) is 26.8 Å². The van der Waals surface area contributed by atoms with Crippen LogP contribution in [-0.4, -0.2) is 28.5 Å². The van der Waals surface area contributed by atoms with Gasteiger partial charge < -0.3 is 9.32 Å². The summed E-state index contributed by atoms with van der Waals surface area (Å²) in [6, 6.07) is 15.3. The zero-order chi connectivity index (χ0) is 27.8. The van der Waals surface area contributed by atoms with Crippen LogP contribution >= 0.6 is 46.1 Å². The fraction of sp³-hybridized carbons (Fsp3) is 0.207. The number of carbonyl (C=O) groups is 1. The number of fused-ring (bicyclic) bond motifs is 1. The summed E-state index contributed by atoms with van der Waals surface area (Å²) in [7, 11) is 0. The number of halogens is 3. The van der Waals surface area contributed by atoms with Gasteiger partial charge in [0.05, 0.1) is 26.9 Å². The number of hydrogen-bond donors (Lipinski definition) is 0. The minimum absolute atomic E-state index is 0.147. The molecule has 0 fully saturated rings. The van der Waals surface area contributed by atoms with Gasteiger partial charge in [0.1, 0.15) is 11.5 Å². The Balaban J connectivity index is 1.64. The van der Waals surface area contributed by atoms with Crippen LogP contribution in [0, 0.1) is 0 Å². The summed E-state index contributed by atoms with van der Waals surface area (Å²) in [6.45, 7) is 6.76. The standard InChI is InChI=1S/C29H24Cl3N3O3S/c1-4-34(5-2)28(37)25-16(3)33-29-35(26(25)17-6-8-18(30)9-7-17)27(36)24(39-29)15-20-11-13-23(38-20)21-12-10-19(31)14-22(21)32/h6-15,26H,4-5H2,1-3H3/b24-15+/t26-/m1/s1. The minimum Gasteiger partial charge on any atom is -0.457 e. The van der Waals surface area contributed by atoms with Crippen LogP contribution < -0.4 is 14.9 Å². The number of hydrogen-bond acceptors (Lipinski definition) is 5. The molecule has 0 bridgehead atoms. The maximum absolute atomic E-state index is 13.9. The van der Waals surface area contributed by atoms with Crippen molar-refractivity contribution >= 4 is 58.1 Å². The number of benzene rings is 2. The van der Waals surface area contributed by atoms with Gasteiger partial charge in [0.15, 0.2) is 4.80 Å². The molecule has 2 aromatic carbocycles. The summed E-state index contributed by atoms with van der Waals surface area (Å²) in [6.07, 6.45) is 1.68. The molecule has 10 heteroatoms. The third-order valence-corrected chi connectivity index (χ3v) is 8.37. The summed E-state index contributed by atoms with van der Waals surface area (Å²) in [5.74, 6) is 0.892.